The molecule has 1 aromatic carbocycles. The molecule has 140 valence electrons. The van der Waals surface area contributed by atoms with Crippen LogP contribution >= 0.6 is 0 Å². The third-order valence-corrected chi connectivity index (χ3v) is 4.02. The maximum Gasteiger partial charge on any atom is 0.408 e. The maximum absolute atomic E-state index is 12.9. The smallest absolute Gasteiger partial charge is 0.408 e. The minimum absolute atomic E-state index is 0.116. The first-order valence-corrected chi connectivity index (χ1v) is 9.10. The molecule has 2 unspecified atom stereocenters. The first kappa shape index (κ1) is 21.1. The largest absolute Gasteiger partial charge is 0.444 e. The van der Waals surface area contributed by atoms with Gasteiger partial charge in [-0.15, -0.1) is 0 Å². The minimum atomic E-state index is -1.85. The molecule has 0 radical (unpaired) electrons. The molecular formula is C17H25FN2O4S. The van der Waals surface area contributed by atoms with Gasteiger partial charge in [0.2, 0.25) is 0 Å². The van der Waals surface area contributed by atoms with Crippen molar-refractivity contribution in [2.45, 2.75) is 57.6 Å². The third-order valence-electron chi connectivity index (χ3n) is 2.94. The number of nitrogens with one attached hydrogen (secondary N) is 2. The predicted octanol–water partition coefficient (Wildman–Crippen LogP) is 2.90. The van der Waals surface area contributed by atoms with Crippen LogP contribution in [0, 0.1) is 11.7 Å². The number of hydrogen-bond acceptors (Lipinski definition) is 4. The highest BCUT2D eigenvalue weighted by Crippen LogP contribution is 2.11. The molecule has 2 atom stereocenters. The van der Waals surface area contributed by atoms with Gasteiger partial charge >= 0.3 is 6.09 Å². The summed E-state index contributed by atoms with van der Waals surface area (Å²) in [6, 6.07) is 4.07. The van der Waals surface area contributed by atoms with E-state index in [4.69, 9.17) is 4.74 Å². The van der Waals surface area contributed by atoms with Gasteiger partial charge in [-0.25, -0.2) is 13.4 Å². The standard InChI is InChI=1S/C17H25FN2O4S/c1-11(2)10-14(19-16(22)24-17(3,4)5)15(21)20-25(23)13-8-6-12(18)7-9-13/h6-9,11,14H,10H2,1-5H3,(H,19,22)(H,20,21). The predicted molar refractivity (Wildman–Crippen MR) is 93.6 cm³/mol. The topological polar surface area (TPSA) is 84.5 Å². The molecule has 8 heteroatoms. The summed E-state index contributed by atoms with van der Waals surface area (Å²) in [6.07, 6.45) is -0.369. The number of benzene rings is 1. The van der Waals surface area contributed by atoms with Crippen molar-refractivity contribution in [2.75, 3.05) is 0 Å². The molecule has 6 nitrogen and oxygen atoms in total. The maximum atomic E-state index is 12.9. The molecule has 2 N–H and O–H groups in total. The number of rotatable bonds is 6. The van der Waals surface area contributed by atoms with Crippen LogP contribution in [0.3, 0.4) is 0 Å². The molecule has 0 heterocycles. The Labute approximate surface area is 150 Å². The Morgan fingerprint density at radius 3 is 2.24 bits per heavy atom. The van der Waals surface area contributed by atoms with Crippen molar-refractivity contribution in [1.82, 2.24) is 10.0 Å². The van der Waals surface area contributed by atoms with Gasteiger partial charge in [-0.3, -0.25) is 9.52 Å². The minimum Gasteiger partial charge on any atom is -0.444 e. The number of carbonyl (C=O) groups is 2. The number of amides is 2. The van der Waals surface area contributed by atoms with E-state index >= 15 is 0 Å². The lowest BCUT2D eigenvalue weighted by atomic mass is 10.0. The molecule has 25 heavy (non-hydrogen) atoms. The molecular weight excluding hydrogens is 347 g/mol. The monoisotopic (exact) mass is 372 g/mol. The fourth-order valence-electron chi connectivity index (χ4n) is 1.93. The van der Waals surface area contributed by atoms with Gasteiger partial charge in [0, 0.05) is 0 Å². The summed E-state index contributed by atoms with van der Waals surface area (Å²) in [4.78, 5) is 24.6. The number of alkyl carbamates (subject to hydrolysis) is 1. The lowest BCUT2D eigenvalue weighted by molar-refractivity contribution is -0.121. The second kappa shape index (κ2) is 8.94. The van der Waals surface area contributed by atoms with Crippen LogP contribution < -0.4 is 10.0 Å². The van der Waals surface area contributed by atoms with Gasteiger partial charge in [-0.1, -0.05) is 13.8 Å². The van der Waals surface area contributed by atoms with E-state index in [1.54, 1.807) is 20.8 Å². The Balaban J connectivity index is 2.77. The van der Waals surface area contributed by atoms with Crippen molar-refractivity contribution in [3.63, 3.8) is 0 Å². The number of hydrogen-bond donors (Lipinski definition) is 2. The second-order valence-corrected chi connectivity index (χ2v) is 8.23. The zero-order valence-electron chi connectivity index (χ0n) is 15.1. The lowest BCUT2D eigenvalue weighted by Gasteiger charge is -2.24. The average molecular weight is 372 g/mol. The van der Waals surface area contributed by atoms with Crippen molar-refractivity contribution >= 4 is 23.0 Å². The van der Waals surface area contributed by atoms with E-state index in [2.05, 4.69) is 10.0 Å². The first-order chi connectivity index (χ1) is 11.5. The fraction of sp³-hybridized carbons (Fsp3) is 0.529. The van der Waals surface area contributed by atoms with E-state index in [1.165, 1.54) is 12.1 Å². The van der Waals surface area contributed by atoms with Crippen molar-refractivity contribution in [3.05, 3.63) is 30.1 Å². The van der Waals surface area contributed by atoms with Crippen LogP contribution in [0.4, 0.5) is 9.18 Å². The fourth-order valence-corrected chi connectivity index (χ4v) is 2.76. The van der Waals surface area contributed by atoms with Crippen LogP contribution in [0.5, 0.6) is 0 Å². The second-order valence-electron chi connectivity index (χ2n) is 7.02. The van der Waals surface area contributed by atoms with Crippen molar-refractivity contribution in [1.29, 1.82) is 0 Å². The van der Waals surface area contributed by atoms with Crippen LogP contribution in [0.2, 0.25) is 0 Å². The van der Waals surface area contributed by atoms with Crippen LogP contribution in [-0.4, -0.2) is 27.9 Å². The Kier molecular flexibility index (Phi) is 7.54. The number of carbonyl (C=O) groups excluding carboxylic acids is 2. The Bertz CT molecular complexity index is 627. The molecule has 0 aliphatic carbocycles. The molecule has 0 aliphatic rings. The van der Waals surface area contributed by atoms with Gasteiger partial charge in [0.25, 0.3) is 5.91 Å². The molecule has 0 aromatic heterocycles. The summed E-state index contributed by atoms with van der Waals surface area (Å²) in [6.45, 7) is 8.94. The molecule has 0 bridgehead atoms. The quantitative estimate of drug-likeness (QED) is 0.804. The van der Waals surface area contributed by atoms with Crippen LogP contribution in [0.15, 0.2) is 29.2 Å². The van der Waals surface area contributed by atoms with E-state index in [-0.39, 0.29) is 10.8 Å². The first-order valence-electron chi connectivity index (χ1n) is 7.95. The lowest BCUT2D eigenvalue weighted by Crippen LogP contribution is -2.49. The van der Waals surface area contributed by atoms with Gasteiger partial charge in [0.05, 0.1) is 4.90 Å². The SMILES string of the molecule is CC(C)CC(NC(=O)OC(C)(C)C)C(=O)NS(=O)c1ccc(F)cc1. The van der Waals surface area contributed by atoms with Gasteiger partial charge in [-0.05, 0) is 57.4 Å². The summed E-state index contributed by atoms with van der Waals surface area (Å²) in [5.74, 6) is -0.941. The molecule has 0 fully saturated rings. The zero-order valence-corrected chi connectivity index (χ0v) is 15.9. The van der Waals surface area contributed by atoms with Gasteiger partial charge in [-0.2, -0.15) is 0 Å². The van der Waals surface area contributed by atoms with E-state index in [0.29, 0.717) is 6.42 Å². The highest BCUT2D eigenvalue weighted by molar-refractivity contribution is 7.83. The molecule has 0 saturated heterocycles. The molecule has 1 rings (SSSR count). The van der Waals surface area contributed by atoms with Crippen molar-refractivity contribution in [3.8, 4) is 0 Å². The van der Waals surface area contributed by atoms with E-state index in [1.807, 2.05) is 13.8 Å². The van der Waals surface area contributed by atoms with E-state index in [0.717, 1.165) is 12.1 Å². The van der Waals surface area contributed by atoms with Crippen molar-refractivity contribution in [2.24, 2.45) is 5.92 Å². The van der Waals surface area contributed by atoms with Gasteiger partial charge < -0.3 is 10.1 Å². The van der Waals surface area contributed by atoms with Gasteiger partial charge in [0.1, 0.15) is 17.5 Å². The summed E-state index contributed by atoms with van der Waals surface area (Å²) >= 11 is 0. The highest BCUT2D eigenvalue weighted by Gasteiger charge is 2.26. The Morgan fingerprint density at radius 2 is 1.76 bits per heavy atom. The Morgan fingerprint density at radius 1 is 1.20 bits per heavy atom. The molecule has 2 amide bonds. The van der Waals surface area contributed by atoms with Crippen molar-refractivity contribution < 1.29 is 22.9 Å². The molecule has 0 aliphatic heterocycles. The summed E-state index contributed by atoms with van der Waals surface area (Å²) < 4.78 is 32.6. The number of ether oxygens (including phenoxy) is 1. The van der Waals surface area contributed by atoms with E-state index in [9.17, 15) is 18.2 Å². The molecule has 1 aromatic rings. The van der Waals surface area contributed by atoms with Gasteiger partial charge in [0.15, 0.2) is 11.0 Å². The average Bonchev–Trinajstić information content (AvgIpc) is 2.44. The molecule has 0 saturated carbocycles. The number of halogens is 1. The van der Waals surface area contributed by atoms with E-state index < -0.39 is 40.4 Å². The molecule has 0 spiro atoms. The van der Waals surface area contributed by atoms with Crippen LogP contribution in [-0.2, 0) is 20.5 Å². The summed E-state index contributed by atoms with van der Waals surface area (Å²) in [5.41, 5.74) is -0.695. The summed E-state index contributed by atoms with van der Waals surface area (Å²) in [7, 11) is -1.85. The normalized spacial score (nSPS) is 13.9. The van der Waals surface area contributed by atoms with Crippen LogP contribution in [0.25, 0.3) is 0 Å². The summed E-state index contributed by atoms with van der Waals surface area (Å²) in [5, 5.41) is 2.50. The zero-order chi connectivity index (χ0) is 19.2. The van der Waals surface area contributed by atoms with Crippen LogP contribution in [0.1, 0.15) is 41.0 Å². The Hall–Kier alpha value is -1.96. The third kappa shape index (κ3) is 8.11. The highest BCUT2D eigenvalue weighted by atomic mass is 32.2.